The molecule has 0 N–H and O–H groups in total. The summed E-state index contributed by atoms with van der Waals surface area (Å²) in [6.45, 7) is 5.20. The Morgan fingerprint density at radius 3 is 2.76 bits per heavy atom. The highest BCUT2D eigenvalue weighted by Gasteiger charge is 2.36. The van der Waals surface area contributed by atoms with Gasteiger partial charge in [0, 0.05) is 37.2 Å². The molecule has 0 radical (unpaired) electrons. The highest BCUT2D eigenvalue weighted by molar-refractivity contribution is 7.12. The van der Waals surface area contributed by atoms with E-state index in [9.17, 15) is 14.4 Å². The van der Waals surface area contributed by atoms with E-state index in [1.165, 1.54) is 11.3 Å². The second kappa shape index (κ2) is 9.37. The predicted molar refractivity (Wildman–Crippen MR) is 109 cm³/mol. The van der Waals surface area contributed by atoms with Gasteiger partial charge in [-0.15, -0.1) is 11.3 Å². The molecular formula is C21H26N2O5S. The molecule has 1 saturated heterocycles. The van der Waals surface area contributed by atoms with Gasteiger partial charge >= 0.3 is 5.97 Å². The van der Waals surface area contributed by atoms with Crippen molar-refractivity contribution < 1.29 is 23.9 Å². The summed E-state index contributed by atoms with van der Waals surface area (Å²) in [5.74, 6) is -0.925. The molecular weight excluding hydrogens is 392 g/mol. The minimum Gasteiger partial charge on any atom is -0.456 e. The predicted octanol–water partition coefficient (Wildman–Crippen LogP) is 2.84. The van der Waals surface area contributed by atoms with Gasteiger partial charge in [0.1, 0.15) is 6.04 Å². The average Bonchev–Trinajstić information content (AvgIpc) is 3.45. The summed E-state index contributed by atoms with van der Waals surface area (Å²) in [5, 5.41) is 1.83. The summed E-state index contributed by atoms with van der Waals surface area (Å²) >= 11 is 1.35. The maximum absolute atomic E-state index is 12.6. The number of carbonyl (C=O) groups is 3. The number of methoxy groups -OCH3 is 1. The molecule has 156 valence electrons. The van der Waals surface area contributed by atoms with Gasteiger partial charge in [-0.1, -0.05) is 6.07 Å². The van der Waals surface area contributed by atoms with Crippen LogP contribution in [0.3, 0.4) is 0 Å². The lowest BCUT2D eigenvalue weighted by molar-refractivity contribution is -0.147. The Morgan fingerprint density at radius 2 is 2.07 bits per heavy atom. The van der Waals surface area contributed by atoms with Crippen molar-refractivity contribution in [3.05, 3.63) is 45.4 Å². The van der Waals surface area contributed by atoms with Crippen molar-refractivity contribution in [3.8, 4) is 0 Å². The first-order valence-corrected chi connectivity index (χ1v) is 10.5. The van der Waals surface area contributed by atoms with Crippen molar-refractivity contribution in [1.82, 2.24) is 9.47 Å². The number of aromatic nitrogens is 1. The van der Waals surface area contributed by atoms with E-state index in [-0.39, 0.29) is 18.3 Å². The van der Waals surface area contributed by atoms with Crippen molar-refractivity contribution in [2.45, 2.75) is 39.3 Å². The molecule has 1 atom stereocenters. The second-order valence-corrected chi connectivity index (χ2v) is 8.04. The topological polar surface area (TPSA) is 77.8 Å². The summed E-state index contributed by atoms with van der Waals surface area (Å²) < 4.78 is 12.4. The first-order chi connectivity index (χ1) is 13.9. The lowest BCUT2D eigenvalue weighted by Gasteiger charge is -2.22. The van der Waals surface area contributed by atoms with Crippen LogP contribution in [0.1, 0.15) is 44.3 Å². The molecule has 1 fully saturated rings. The zero-order valence-electron chi connectivity index (χ0n) is 17.0. The van der Waals surface area contributed by atoms with Crippen LogP contribution in [0.2, 0.25) is 0 Å². The third kappa shape index (κ3) is 4.59. The summed E-state index contributed by atoms with van der Waals surface area (Å²) in [7, 11) is 1.63. The van der Waals surface area contributed by atoms with E-state index in [1.54, 1.807) is 18.1 Å². The summed E-state index contributed by atoms with van der Waals surface area (Å²) in [5.41, 5.74) is 2.33. The monoisotopic (exact) mass is 418 g/mol. The van der Waals surface area contributed by atoms with Crippen molar-refractivity contribution in [1.29, 1.82) is 0 Å². The largest absolute Gasteiger partial charge is 0.456 e. The maximum atomic E-state index is 12.6. The van der Waals surface area contributed by atoms with Crippen LogP contribution in [0.25, 0.3) is 0 Å². The number of aryl methyl sites for hydroxylation is 1. The van der Waals surface area contributed by atoms with Crippen LogP contribution >= 0.6 is 11.3 Å². The quantitative estimate of drug-likeness (QED) is 0.487. The van der Waals surface area contributed by atoms with Gasteiger partial charge < -0.3 is 18.9 Å². The van der Waals surface area contributed by atoms with Crippen LogP contribution in [0.5, 0.6) is 0 Å². The Labute approximate surface area is 174 Å². The van der Waals surface area contributed by atoms with Crippen LogP contribution in [-0.4, -0.2) is 60.0 Å². The van der Waals surface area contributed by atoms with Gasteiger partial charge in [-0.3, -0.25) is 9.59 Å². The van der Waals surface area contributed by atoms with Gasteiger partial charge in [0.05, 0.1) is 11.5 Å². The molecule has 0 spiro atoms. The molecule has 29 heavy (non-hydrogen) atoms. The first-order valence-electron chi connectivity index (χ1n) is 9.64. The zero-order valence-corrected chi connectivity index (χ0v) is 17.8. The van der Waals surface area contributed by atoms with Crippen LogP contribution < -0.4 is 0 Å². The highest BCUT2D eigenvalue weighted by Crippen LogP contribution is 2.23. The number of thiophene rings is 1. The maximum Gasteiger partial charge on any atom is 0.329 e. The fraction of sp³-hybridized carbons (Fsp3) is 0.476. The normalized spacial score (nSPS) is 16.2. The third-order valence-electron chi connectivity index (χ3n) is 5.26. The SMILES string of the molecule is COCCn1c(C)cc(C(=O)COC(=O)[C@@H]2CCCN2C(=O)c2cccs2)c1C. The van der Waals surface area contributed by atoms with Gasteiger partial charge in [-0.05, 0) is 44.2 Å². The van der Waals surface area contributed by atoms with Gasteiger partial charge in [-0.25, -0.2) is 4.79 Å². The number of amides is 1. The fourth-order valence-corrected chi connectivity index (χ4v) is 4.40. The smallest absolute Gasteiger partial charge is 0.329 e. The number of rotatable bonds is 8. The molecule has 2 aromatic heterocycles. The number of ketones is 1. The number of nitrogens with zero attached hydrogens (tertiary/aromatic N) is 2. The lowest BCUT2D eigenvalue weighted by Crippen LogP contribution is -2.41. The summed E-state index contributed by atoms with van der Waals surface area (Å²) in [6, 6.07) is 4.73. The van der Waals surface area contributed by atoms with E-state index in [4.69, 9.17) is 9.47 Å². The van der Waals surface area contributed by atoms with E-state index >= 15 is 0 Å². The number of likely N-dealkylation sites (tertiary alicyclic amines) is 1. The summed E-state index contributed by atoms with van der Waals surface area (Å²) in [6.07, 6.45) is 1.29. The number of carbonyl (C=O) groups excluding carboxylic acids is 3. The van der Waals surface area contributed by atoms with Crippen molar-refractivity contribution >= 4 is 29.0 Å². The Kier molecular flexibility index (Phi) is 6.87. The van der Waals surface area contributed by atoms with Gasteiger partial charge in [0.15, 0.2) is 6.61 Å². The van der Waals surface area contributed by atoms with Crippen LogP contribution in [0.15, 0.2) is 23.6 Å². The van der Waals surface area contributed by atoms with E-state index in [2.05, 4.69) is 0 Å². The summed E-state index contributed by atoms with van der Waals surface area (Å²) in [4.78, 5) is 40.0. The lowest BCUT2D eigenvalue weighted by atomic mass is 10.1. The van der Waals surface area contributed by atoms with Gasteiger partial charge in [0.25, 0.3) is 5.91 Å². The number of Topliss-reactive ketones (excluding diaryl/α,β-unsaturated/α-hetero) is 1. The molecule has 0 saturated carbocycles. The molecule has 7 nitrogen and oxygen atoms in total. The van der Waals surface area contributed by atoms with E-state index < -0.39 is 12.0 Å². The highest BCUT2D eigenvalue weighted by atomic mass is 32.1. The third-order valence-corrected chi connectivity index (χ3v) is 6.11. The van der Waals surface area contributed by atoms with Crippen LogP contribution in [-0.2, 0) is 20.8 Å². The average molecular weight is 419 g/mol. The van der Waals surface area contributed by atoms with Crippen molar-refractivity contribution in [2.75, 3.05) is 26.9 Å². The second-order valence-electron chi connectivity index (χ2n) is 7.09. The molecule has 3 heterocycles. The molecule has 0 aliphatic carbocycles. The Balaban J connectivity index is 1.61. The Hall–Kier alpha value is -2.45. The van der Waals surface area contributed by atoms with E-state index in [1.807, 2.05) is 35.9 Å². The standard InChI is InChI=1S/C21H26N2O5S/c1-14-12-16(15(2)22(14)9-10-27-3)18(24)13-28-21(26)17-6-4-8-23(17)20(25)19-7-5-11-29-19/h5,7,11-12,17H,4,6,8-10,13H2,1-3H3/t17-/m0/s1. The zero-order chi connectivity index (χ0) is 21.0. The minimum absolute atomic E-state index is 0.160. The van der Waals surface area contributed by atoms with Gasteiger partial charge in [-0.2, -0.15) is 0 Å². The molecule has 3 rings (SSSR count). The Bertz CT molecular complexity index is 887. The number of ether oxygens (including phenoxy) is 2. The number of hydrogen-bond acceptors (Lipinski definition) is 6. The first kappa shape index (κ1) is 21.3. The van der Waals surface area contributed by atoms with E-state index in [0.717, 1.165) is 17.8 Å². The molecule has 1 amide bonds. The molecule has 1 aliphatic rings. The fourth-order valence-electron chi connectivity index (χ4n) is 3.72. The van der Waals surface area contributed by atoms with E-state index in [0.29, 0.717) is 36.6 Å². The number of esters is 1. The van der Waals surface area contributed by atoms with Crippen LogP contribution in [0, 0.1) is 13.8 Å². The number of hydrogen-bond donors (Lipinski definition) is 0. The Morgan fingerprint density at radius 1 is 1.28 bits per heavy atom. The molecule has 2 aromatic rings. The molecule has 0 bridgehead atoms. The molecule has 8 heteroatoms. The molecule has 0 aromatic carbocycles. The molecule has 1 aliphatic heterocycles. The van der Waals surface area contributed by atoms with Crippen molar-refractivity contribution in [2.24, 2.45) is 0 Å². The minimum atomic E-state index is -0.633. The van der Waals surface area contributed by atoms with Gasteiger partial charge in [0.2, 0.25) is 5.78 Å². The van der Waals surface area contributed by atoms with Crippen LogP contribution in [0.4, 0.5) is 0 Å². The molecule has 0 unspecified atom stereocenters. The van der Waals surface area contributed by atoms with Crippen molar-refractivity contribution in [3.63, 3.8) is 0 Å².